The molecule has 0 aromatic heterocycles. The monoisotopic (exact) mass is 221 g/mol. The summed E-state index contributed by atoms with van der Waals surface area (Å²) < 4.78 is 0. The van der Waals surface area contributed by atoms with Crippen molar-refractivity contribution < 1.29 is 5.11 Å². The summed E-state index contributed by atoms with van der Waals surface area (Å²) >= 11 is 0. The van der Waals surface area contributed by atoms with Gasteiger partial charge in [0.05, 0.1) is 6.42 Å². The third kappa shape index (κ3) is 6.83. The third-order valence-corrected chi connectivity index (χ3v) is 2.27. The van der Waals surface area contributed by atoms with E-state index in [1.807, 2.05) is 13.0 Å². The predicted molar refractivity (Wildman–Crippen MR) is 67.5 cm³/mol. The Morgan fingerprint density at radius 1 is 1.19 bits per heavy atom. The van der Waals surface area contributed by atoms with Crippen LogP contribution >= 0.6 is 0 Å². The average molecular weight is 221 g/mol. The average Bonchev–Trinajstić information content (AvgIpc) is 2.17. The van der Waals surface area contributed by atoms with Crippen LogP contribution < -0.4 is 0 Å². The second kappa shape index (κ2) is 7.70. The standard InChI is InChI=1S/C13H20N2O/c1-10(2)6-5-7-11(3)8-9-13(15-14)12(4)16/h6,8H,5,7,9H2,1-4H3/p+1/b11-8+,13-12-. The van der Waals surface area contributed by atoms with Crippen LogP contribution in [0.15, 0.2) is 34.8 Å². The Bertz CT molecular complexity index is 349. The second-order valence-corrected chi connectivity index (χ2v) is 4.21. The first-order chi connectivity index (χ1) is 7.47. The van der Waals surface area contributed by atoms with Gasteiger partial charge in [0.25, 0.3) is 0 Å². The Morgan fingerprint density at radius 3 is 2.25 bits per heavy atom. The largest absolute Gasteiger partial charge is 0.505 e. The van der Waals surface area contributed by atoms with Gasteiger partial charge in [-0.2, -0.15) is 0 Å². The predicted octanol–water partition coefficient (Wildman–Crippen LogP) is 4.71. The molecule has 16 heavy (non-hydrogen) atoms. The Labute approximate surface area is 97.8 Å². The van der Waals surface area contributed by atoms with Crippen molar-refractivity contribution in [3.05, 3.63) is 39.7 Å². The molecule has 88 valence electrons. The van der Waals surface area contributed by atoms with Crippen LogP contribution in [-0.2, 0) is 0 Å². The van der Waals surface area contributed by atoms with Gasteiger partial charge in [-0.1, -0.05) is 23.3 Å². The van der Waals surface area contributed by atoms with Crippen LogP contribution in [0.1, 0.15) is 47.0 Å². The molecule has 0 rings (SSSR count). The van der Waals surface area contributed by atoms with Crippen molar-refractivity contribution in [1.29, 1.82) is 5.39 Å². The van der Waals surface area contributed by atoms with Crippen LogP contribution in [0.5, 0.6) is 0 Å². The molecule has 0 atom stereocenters. The zero-order valence-electron chi connectivity index (χ0n) is 10.6. The molecular formula is C13H21N2O+. The van der Waals surface area contributed by atoms with Gasteiger partial charge < -0.3 is 5.11 Å². The number of hydrogen-bond donors (Lipinski definition) is 1. The zero-order valence-corrected chi connectivity index (χ0v) is 10.6. The van der Waals surface area contributed by atoms with E-state index in [-0.39, 0.29) is 5.76 Å². The minimum Gasteiger partial charge on any atom is -0.505 e. The molecule has 0 aliphatic heterocycles. The van der Waals surface area contributed by atoms with Crippen LogP contribution in [0.2, 0.25) is 0 Å². The van der Waals surface area contributed by atoms with Gasteiger partial charge in [0.1, 0.15) is 0 Å². The molecule has 0 saturated heterocycles. The van der Waals surface area contributed by atoms with Crippen molar-refractivity contribution in [2.75, 3.05) is 0 Å². The van der Waals surface area contributed by atoms with E-state index in [0.29, 0.717) is 12.1 Å². The lowest BCUT2D eigenvalue weighted by Crippen LogP contribution is -1.83. The van der Waals surface area contributed by atoms with Crippen LogP contribution in [-0.4, -0.2) is 5.11 Å². The van der Waals surface area contributed by atoms with Gasteiger partial charge in [-0.15, -0.1) is 0 Å². The number of aliphatic hydroxyl groups excluding tert-OH is 1. The topological polar surface area (TPSA) is 48.4 Å². The minimum absolute atomic E-state index is 0.0656. The summed E-state index contributed by atoms with van der Waals surface area (Å²) in [6, 6.07) is 0. The van der Waals surface area contributed by atoms with Crippen molar-refractivity contribution >= 4 is 0 Å². The molecule has 0 aromatic carbocycles. The van der Waals surface area contributed by atoms with Crippen LogP contribution in [0.3, 0.4) is 0 Å². The number of rotatable bonds is 5. The van der Waals surface area contributed by atoms with Crippen LogP contribution in [0, 0.1) is 5.39 Å². The molecule has 0 aliphatic rings. The van der Waals surface area contributed by atoms with Gasteiger partial charge in [-0.25, -0.2) is 0 Å². The quantitative estimate of drug-likeness (QED) is 0.415. The molecular weight excluding hydrogens is 200 g/mol. The maximum atomic E-state index is 9.16. The number of aliphatic hydroxyl groups is 1. The van der Waals surface area contributed by atoms with E-state index in [1.54, 1.807) is 0 Å². The molecule has 1 N–H and O–H groups in total. The van der Waals surface area contributed by atoms with Gasteiger partial charge in [-0.05, 0) is 33.6 Å². The summed E-state index contributed by atoms with van der Waals surface area (Å²) in [7, 11) is 0. The molecule has 0 heterocycles. The molecule has 3 nitrogen and oxygen atoms in total. The lowest BCUT2D eigenvalue weighted by atomic mass is 10.1. The second-order valence-electron chi connectivity index (χ2n) is 4.21. The summed E-state index contributed by atoms with van der Waals surface area (Å²) in [4.78, 5) is 3.04. The first kappa shape index (κ1) is 14.4. The number of diazo groups is 1. The van der Waals surface area contributed by atoms with Gasteiger partial charge in [-0.3, -0.25) is 0 Å². The van der Waals surface area contributed by atoms with Crippen molar-refractivity contribution in [1.82, 2.24) is 0 Å². The van der Waals surface area contributed by atoms with Crippen LogP contribution in [0.25, 0.3) is 4.98 Å². The van der Waals surface area contributed by atoms with E-state index < -0.39 is 0 Å². The summed E-state index contributed by atoms with van der Waals surface area (Å²) in [6.07, 6.45) is 6.67. The van der Waals surface area contributed by atoms with E-state index in [9.17, 15) is 0 Å². The highest BCUT2D eigenvalue weighted by Crippen LogP contribution is 2.13. The Balaban J connectivity index is 4.21. The zero-order chi connectivity index (χ0) is 12.6. The summed E-state index contributed by atoms with van der Waals surface area (Å²) in [5, 5.41) is 17.8. The highest BCUT2D eigenvalue weighted by atomic mass is 16.3. The van der Waals surface area contributed by atoms with Crippen molar-refractivity contribution in [2.45, 2.75) is 47.0 Å². The first-order valence-corrected chi connectivity index (χ1v) is 5.50. The highest BCUT2D eigenvalue weighted by molar-refractivity contribution is 5.17. The molecule has 0 unspecified atom stereocenters. The molecule has 0 aliphatic carbocycles. The number of nitrogens with zero attached hydrogens (tertiary/aromatic N) is 2. The van der Waals surface area contributed by atoms with Crippen molar-refractivity contribution in [3.63, 3.8) is 0 Å². The van der Waals surface area contributed by atoms with E-state index in [2.05, 4.69) is 24.9 Å². The fraction of sp³-hybridized carbons (Fsp3) is 0.538. The molecule has 0 bridgehead atoms. The number of hydrogen-bond acceptors (Lipinski definition) is 2. The molecule has 3 heteroatoms. The van der Waals surface area contributed by atoms with Crippen LogP contribution in [0.4, 0.5) is 0 Å². The van der Waals surface area contributed by atoms with E-state index in [0.717, 1.165) is 12.8 Å². The molecule has 0 saturated carbocycles. The Kier molecular flexibility index (Phi) is 6.95. The molecule has 0 amide bonds. The highest BCUT2D eigenvalue weighted by Gasteiger charge is 2.12. The third-order valence-electron chi connectivity index (χ3n) is 2.27. The van der Waals surface area contributed by atoms with Gasteiger partial charge in [0.2, 0.25) is 5.39 Å². The number of allylic oxidation sites excluding steroid dienone is 5. The Morgan fingerprint density at radius 2 is 1.81 bits per heavy atom. The Hall–Kier alpha value is -1.56. The first-order valence-electron chi connectivity index (χ1n) is 5.50. The SMILES string of the molecule is CC(C)=CCC/C(C)=C/C/C([N+]#N)=C(\C)O. The normalized spacial score (nSPS) is 12.8. The van der Waals surface area contributed by atoms with Gasteiger partial charge in [0, 0.05) is 6.92 Å². The van der Waals surface area contributed by atoms with E-state index in [4.69, 9.17) is 10.5 Å². The molecule has 0 aromatic rings. The lowest BCUT2D eigenvalue weighted by Gasteiger charge is -1.97. The summed E-state index contributed by atoms with van der Waals surface area (Å²) in [5.74, 6) is 0.0656. The van der Waals surface area contributed by atoms with Crippen molar-refractivity contribution in [2.24, 2.45) is 0 Å². The van der Waals surface area contributed by atoms with E-state index in [1.165, 1.54) is 18.1 Å². The molecule has 0 radical (unpaired) electrons. The summed E-state index contributed by atoms with van der Waals surface area (Å²) in [5.41, 5.74) is 2.88. The van der Waals surface area contributed by atoms with Gasteiger partial charge >= 0.3 is 5.70 Å². The van der Waals surface area contributed by atoms with Gasteiger partial charge in [0.15, 0.2) is 10.7 Å². The van der Waals surface area contributed by atoms with E-state index >= 15 is 0 Å². The maximum Gasteiger partial charge on any atom is 0.401 e. The molecule has 0 fully saturated rings. The summed E-state index contributed by atoms with van der Waals surface area (Å²) in [6.45, 7) is 7.72. The fourth-order valence-electron chi connectivity index (χ4n) is 1.22. The fourth-order valence-corrected chi connectivity index (χ4v) is 1.22. The minimum atomic E-state index is 0.0656. The maximum absolute atomic E-state index is 9.16. The smallest absolute Gasteiger partial charge is 0.401 e. The lowest BCUT2D eigenvalue weighted by molar-refractivity contribution is 0.407. The van der Waals surface area contributed by atoms with Crippen molar-refractivity contribution in [3.8, 4) is 0 Å². The molecule has 0 spiro atoms.